The highest BCUT2D eigenvalue weighted by molar-refractivity contribution is 7.08. The van der Waals surface area contributed by atoms with E-state index < -0.39 is 0 Å². The van der Waals surface area contributed by atoms with E-state index >= 15 is 0 Å². The van der Waals surface area contributed by atoms with Crippen LogP contribution in [0.15, 0.2) is 31.9 Å². The SMILES string of the molecule is Cc1cc(CN2CCN(Cc3nc(-c4ccsc4)no3)CC2)no1. The lowest BCUT2D eigenvalue weighted by Gasteiger charge is -2.33. The number of aryl methyl sites for hydroxylation is 1. The minimum Gasteiger partial charge on any atom is -0.361 e. The van der Waals surface area contributed by atoms with Gasteiger partial charge in [0.25, 0.3) is 0 Å². The van der Waals surface area contributed by atoms with Gasteiger partial charge in [0, 0.05) is 49.7 Å². The molecule has 1 aliphatic rings. The number of hydrogen-bond donors (Lipinski definition) is 0. The lowest BCUT2D eigenvalue weighted by atomic mass is 10.3. The zero-order chi connectivity index (χ0) is 16.4. The summed E-state index contributed by atoms with van der Waals surface area (Å²) in [6.07, 6.45) is 0. The molecule has 4 rings (SSSR count). The Morgan fingerprint density at radius 3 is 2.54 bits per heavy atom. The molecule has 24 heavy (non-hydrogen) atoms. The molecule has 0 aromatic carbocycles. The third kappa shape index (κ3) is 3.55. The van der Waals surface area contributed by atoms with Gasteiger partial charge in [-0.25, -0.2) is 0 Å². The molecule has 126 valence electrons. The lowest BCUT2D eigenvalue weighted by Crippen LogP contribution is -2.45. The van der Waals surface area contributed by atoms with Crippen LogP contribution < -0.4 is 0 Å². The first-order valence-corrected chi connectivity index (χ1v) is 8.92. The molecule has 3 aromatic rings. The van der Waals surface area contributed by atoms with Crippen LogP contribution in [0.5, 0.6) is 0 Å². The molecule has 1 saturated heterocycles. The molecule has 4 heterocycles. The first-order valence-electron chi connectivity index (χ1n) is 7.98. The molecule has 0 amide bonds. The van der Waals surface area contributed by atoms with Gasteiger partial charge in [0.1, 0.15) is 5.76 Å². The van der Waals surface area contributed by atoms with Gasteiger partial charge in [-0.15, -0.1) is 0 Å². The van der Waals surface area contributed by atoms with E-state index in [4.69, 9.17) is 9.05 Å². The topological polar surface area (TPSA) is 71.4 Å². The largest absolute Gasteiger partial charge is 0.361 e. The summed E-state index contributed by atoms with van der Waals surface area (Å²) in [5, 5.41) is 12.2. The maximum atomic E-state index is 5.38. The molecule has 0 aliphatic carbocycles. The van der Waals surface area contributed by atoms with Crippen molar-refractivity contribution in [2.24, 2.45) is 0 Å². The summed E-state index contributed by atoms with van der Waals surface area (Å²) in [5.41, 5.74) is 2.01. The number of hydrogen-bond acceptors (Lipinski definition) is 8. The zero-order valence-electron chi connectivity index (χ0n) is 13.5. The third-order valence-corrected chi connectivity index (χ3v) is 4.82. The molecule has 1 fully saturated rings. The molecule has 8 heteroatoms. The molecular weight excluding hydrogens is 326 g/mol. The van der Waals surface area contributed by atoms with E-state index in [2.05, 4.69) is 25.1 Å². The van der Waals surface area contributed by atoms with Crippen molar-refractivity contribution in [3.05, 3.63) is 40.2 Å². The average molecular weight is 345 g/mol. The average Bonchev–Trinajstić information content (AvgIpc) is 3.31. The summed E-state index contributed by atoms with van der Waals surface area (Å²) in [4.78, 5) is 9.22. The first-order chi connectivity index (χ1) is 11.8. The maximum Gasteiger partial charge on any atom is 0.241 e. The van der Waals surface area contributed by atoms with Crippen LogP contribution in [0.3, 0.4) is 0 Å². The lowest BCUT2D eigenvalue weighted by molar-refractivity contribution is 0.110. The summed E-state index contributed by atoms with van der Waals surface area (Å²) in [7, 11) is 0. The summed E-state index contributed by atoms with van der Waals surface area (Å²) in [6.45, 7) is 7.42. The minimum atomic E-state index is 0.672. The third-order valence-electron chi connectivity index (χ3n) is 4.13. The highest BCUT2D eigenvalue weighted by atomic mass is 32.1. The molecule has 0 spiro atoms. The Kier molecular flexibility index (Phi) is 4.42. The van der Waals surface area contributed by atoms with E-state index in [-0.39, 0.29) is 0 Å². The van der Waals surface area contributed by atoms with Crippen molar-refractivity contribution in [3.63, 3.8) is 0 Å². The normalized spacial score (nSPS) is 16.7. The van der Waals surface area contributed by atoms with Gasteiger partial charge in [0.2, 0.25) is 11.7 Å². The van der Waals surface area contributed by atoms with E-state index in [9.17, 15) is 0 Å². The van der Waals surface area contributed by atoms with E-state index in [0.29, 0.717) is 18.3 Å². The van der Waals surface area contributed by atoms with Crippen molar-refractivity contribution < 1.29 is 9.05 Å². The fourth-order valence-electron chi connectivity index (χ4n) is 2.85. The quantitative estimate of drug-likeness (QED) is 0.703. The molecule has 0 N–H and O–H groups in total. The summed E-state index contributed by atoms with van der Waals surface area (Å²) in [6, 6.07) is 4.00. The van der Waals surface area contributed by atoms with Gasteiger partial charge in [0.05, 0.1) is 12.2 Å². The van der Waals surface area contributed by atoms with Gasteiger partial charge in [-0.05, 0) is 18.4 Å². The summed E-state index contributed by atoms with van der Waals surface area (Å²) < 4.78 is 10.5. The highest BCUT2D eigenvalue weighted by Crippen LogP contribution is 2.19. The zero-order valence-corrected chi connectivity index (χ0v) is 14.3. The minimum absolute atomic E-state index is 0.672. The van der Waals surface area contributed by atoms with Crippen molar-refractivity contribution >= 4 is 11.3 Å². The number of thiophene rings is 1. The van der Waals surface area contributed by atoms with E-state index in [1.54, 1.807) is 11.3 Å². The molecule has 7 nitrogen and oxygen atoms in total. The van der Waals surface area contributed by atoms with Gasteiger partial charge in [-0.3, -0.25) is 9.80 Å². The Labute approximate surface area is 143 Å². The van der Waals surface area contributed by atoms with Crippen molar-refractivity contribution in [1.82, 2.24) is 25.1 Å². The Morgan fingerprint density at radius 1 is 1.08 bits per heavy atom. The Hall–Kier alpha value is -2.03. The van der Waals surface area contributed by atoms with E-state index in [1.807, 2.05) is 29.8 Å². The molecule has 1 aliphatic heterocycles. The predicted molar refractivity (Wildman–Crippen MR) is 89.4 cm³/mol. The Balaban J connectivity index is 1.29. The van der Waals surface area contributed by atoms with Crippen LogP contribution in [0.4, 0.5) is 0 Å². The van der Waals surface area contributed by atoms with Crippen LogP contribution in [0.1, 0.15) is 17.3 Å². The molecule has 0 unspecified atom stereocenters. The van der Waals surface area contributed by atoms with Crippen LogP contribution in [0, 0.1) is 6.92 Å². The number of aromatic nitrogens is 3. The predicted octanol–water partition coefficient (Wildman–Crippen LogP) is 2.41. The van der Waals surface area contributed by atoms with Crippen LogP contribution in [0.2, 0.25) is 0 Å². The fourth-order valence-corrected chi connectivity index (χ4v) is 3.48. The Bertz CT molecular complexity index is 774. The van der Waals surface area contributed by atoms with Crippen molar-refractivity contribution in [3.8, 4) is 11.4 Å². The maximum absolute atomic E-state index is 5.38. The first kappa shape index (κ1) is 15.5. The van der Waals surface area contributed by atoms with Gasteiger partial charge in [-0.1, -0.05) is 10.3 Å². The molecule has 0 radical (unpaired) electrons. The van der Waals surface area contributed by atoms with Crippen molar-refractivity contribution in [2.75, 3.05) is 26.2 Å². The van der Waals surface area contributed by atoms with Crippen molar-refractivity contribution in [1.29, 1.82) is 0 Å². The second-order valence-electron chi connectivity index (χ2n) is 6.00. The fraction of sp³-hybridized carbons (Fsp3) is 0.438. The second-order valence-corrected chi connectivity index (χ2v) is 6.78. The number of piperazine rings is 1. The molecular formula is C16H19N5O2S. The van der Waals surface area contributed by atoms with Crippen LogP contribution >= 0.6 is 11.3 Å². The van der Waals surface area contributed by atoms with Gasteiger partial charge in [0.15, 0.2) is 0 Å². The summed E-state index contributed by atoms with van der Waals surface area (Å²) >= 11 is 1.63. The standard InChI is InChI=1S/C16H19N5O2S/c1-12-8-14(18-22-12)9-20-3-5-21(6-4-20)10-15-17-16(19-23-15)13-2-7-24-11-13/h2,7-8,11H,3-6,9-10H2,1H3. The number of nitrogens with zero attached hydrogens (tertiary/aromatic N) is 5. The second kappa shape index (κ2) is 6.84. The van der Waals surface area contributed by atoms with Crippen LogP contribution in [-0.4, -0.2) is 51.3 Å². The molecule has 0 bridgehead atoms. The van der Waals surface area contributed by atoms with E-state index in [1.165, 1.54) is 0 Å². The summed E-state index contributed by atoms with van der Waals surface area (Å²) in [5.74, 6) is 2.21. The molecule has 3 aromatic heterocycles. The van der Waals surface area contributed by atoms with Gasteiger partial charge < -0.3 is 9.05 Å². The van der Waals surface area contributed by atoms with Crippen molar-refractivity contribution in [2.45, 2.75) is 20.0 Å². The molecule has 0 atom stereocenters. The van der Waals surface area contributed by atoms with Gasteiger partial charge in [-0.2, -0.15) is 16.3 Å². The van der Waals surface area contributed by atoms with Gasteiger partial charge >= 0.3 is 0 Å². The monoisotopic (exact) mass is 345 g/mol. The highest BCUT2D eigenvalue weighted by Gasteiger charge is 2.20. The van der Waals surface area contributed by atoms with Crippen LogP contribution in [0.25, 0.3) is 11.4 Å². The van der Waals surface area contributed by atoms with Crippen LogP contribution in [-0.2, 0) is 13.1 Å². The smallest absolute Gasteiger partial charge is 0.241 e. The molecule has 0 saturated carbocycles. The number of rotatable bonds is 5. The van der Waals surface area contributed by atoms with E-state index in [0.717, 1.165) is 49.7 Å². The Morgan fingerprint density at radius 2 is 1.88 bits per heavy atom.